The molecule has 1 unspecified atom stereocenters. The molecule has 6 nitrogen and oxygen atoms in total. The first-order chi connectivity index (χ1) is 9.40. The van der Waals surface area contributed by atoms with Gasteiger partial charge in [-0.2, -0.15) is 0 Å². The van der Waals surface area contributed by atoms with Crippen LogP contribution in [0, 0.1) is 11.8 Å². The molecular weight excluding hydrogens is 280 g/mol. The number of carboxylic acids is 1. The largest absolute Gasteiger partial charge is 0.480 e. The van der Waals surface area contributed by atoms with Crippen LogP contribution in [-0.2, 0) is 14.4 Å². The van der Waals surface area contributed by atoms with Crippen LogP contribution < -0.4 is 0 Å². The van der Waals surface area contributed by atoms with Gasteiger partial charge in [0, 0.05) is 25.3 Å². The SMILES string of the molecule is CC(C)CN1CC(C(=O)N2CSC[C@H]2C(=O)O)CC1=O. The zero-order chi connectivity index (χ0) is 14.9. The molecule has 0 aromatic rings. The molecule has 0 radical (unpaired) electrons. The molecule has 2 heterocycles. The van der Waals surface area contributed by atoms with Gasteiger partial charge < -0.3 is 14.9 Å². The van der Waals surface area contributed by atoms with Gasteiger partial charge in [0.15, 0.2) is 0 Å². The quantitative estimate of drug-likeness (QED) is 0.817. The number of thioether (sulfide) groups is 1. The van der Waals surface area contributed by atoms with Crippen molar-refractivity contribution < 1.29 is 19.5 Å². The van der Waals surface area contributed by atoms with Crippen molar-refractivity contribution in [2.45, 2.75) is 26.3 Å². The first-order valence-electron chi connectivity index (χ1n) is 6.79. The van der Waals surface area contributed by atoms with E-state index in [1.807, 2.05) is 13.8 Å². The fourth-order valence-corrected chi connectivity index (χ4v) is 3.81. The average Bonchev–Trinajstić information content (AvgIpc) is 2.95. The van der Waals surface area contributed by atoms with Gasteiger partial charge in [-0.3, -0.25) is 9.59 Å². The van der Waals surface area contributed by atoms with Crippen molar-refractivity contribution >= 4 is 29.5 Å². The highest BCUT2D eigenvalue weighted by molar-refractivity contribution is 7.99. The smallest absolute Gasteiger partial charge is 0.327 e. The van der Waals surface area contributed by atoms with Crippen molar-refractivity contribution in [1.82, 2.24) is 9.80 Å². The molecule has 0 saturated carbocycles. The molecule has 2 fully saturated rings. The number of aliphatic carboxylic acids is 1. The number of carbonyl (C=O) groups is 3. The second-order valence-corrected chi connectivity index (χ2v) is 6.76. The predicted octanol–water partition coefficient (Wildman–Crippen LogP) is 0.477. The van der Waals surface area contributed by atoms with Crippen LogP contribution in [0.15, 0.2) is 0 Å². The second kappa shape index (κ2) is 6.03. The molecule has 20 heavy (non-hydrogen) atoms. The van der Waals surface area contributed by atoms with Crippen molar-refractivity contribution in [2.24, 2.45) is 11.8 Å². The Bertz CT molecular complexity index is 427. The number of amides is 2. The second-order valence-electron chi connectivity index (χ2n) is 5.76. The summed E-state index contributed by atoms with van der Waals surface area (Å²) in [6.07, 6.45) is 0.207. The van der Waals surface area contributed by atoms with E-state index in [-0.39, 0.29) is 24.2 Å². The molecule has 0 aromatic heterocycles. The average molecular weight is 300 g/mol. The van der Waals surface area contributed by atoms with Crippen LogP contribution in [0.1, 0.15) is 20.3 Å². The zero-order valence-corrected chi connectivity index (χ0v) is 12.6. The Kier molecular flexibility index (Phi) is 4.57. The van der Waals surface area contributed by atoms with Gasteiger partial charge >= 0.3 is 5.97 Å². The number of hydrogen-bond acceptors (Lipinski definition) is 4. The first kappa shape index (κ1) is 15.2. The maximum absolute atomic E-state index is 12.4. The summed E-state index contributed by atoms with van der Waals surface area (Å²) in [5.41, 5.74) is 0. The summed E-state index contributed by atoms with van der Waals surface area (Å²) in [5.74, 6) is -0.351. The van der Waals surface area contributed by atoms with E-state index in [4.69, 9.17) is 5.11 Å². The van der Waals surface area contributed by atoms with Crippen molar-refractivity contribution in [3.05, 3.63) is 0 Å². The van der Waals surface area contributed by atoms with Gasteiger partial charge in [-0.15, -0.1) is 11.8 Å². The summed E-state index contributed by atoms with van der Waals surface area (Å²) in [7, 11) is 0. The summed E-state index contributed by atoms with van der Waals surface area (Å²) in [4.78, 5) is 38.5. The van der Waals surface area contributed by atoms with Gasteiger partial charge in [0.1, 0.15) is 6.04 Å². The van der Waals surface area contributed by atoms with Crippen molar-refractivity contribution in [3.8, 4) is 0 Å². The number of hydrogen-bond donors (Lipinski definition) is 1. The number of carbonyl (C=O) groups excluding carboxylic acids is 2. The standard InChI is InChI=1S/C13H20N2O4S/c1-8(2)4-14-5-9(3-11(14)16)12(17)15-7-20-6-10(15)13(18)19/h8-10H,3-7H2,1-2H3,(H,18,19)/t9?,10-/m0/s1. The molecule has 2 rings (SSSR count). The third-order valence-electron chi connectivity index (χ3n) is 3.60. The minimum atomic E-state index is -0.966. The highest BCUT2D eigenvalue weighted by atomic mass is 32.2. The fraction of sp³-hybridized carbons (Fsp3) is 0.769. The van der Waals surface area contributed by atoms with Gasteiger partial charge in [0.25, 0.3) is 0 Å². The highest BCUT2D eigenvalue weighted by Crippen LogP contribution is 2.27. The zero-order valence-electron chi connectivity index (χ0n) is 11.7. The molecular formula is C13H20N2O4S. The number of nitrogens with zero attached hydrogens (tertiary/aromatic N) is 2. The molecule has 0 bridgehead atoms. The molecule has 0 aromatic carbocycles. The van der Waals surface area contributed by atoms with Crippen LogP contribution >= 0.6 is 11.8 Å². The Hall–Kier alpha value is -1.24. The van der Waals surface area contributed by atoms with Gasteiger partial charge in [0.2, 0.25) is 11.8 Å². The first-order valence-corrected chi connectivity index (χ1v) is 7.94. The molecule has 2 aliphatic rings. The monoisotopic (exact) mass is 300 g/mol. The van der Waals surface area contributed by atoms with Crippen LogP contribution in [0.4, 0.5) is 0 Å². The molecule has 0 spiro atoms. The summed E-state index contributed by atoms with van der Waals surface area (Å²) in [6.45, 7) is 5.13. The maximum Gasteiger partial charge on any atom is 0.327 e. The van der Waals surface area contributed by atoms with E-state index in [0.29, 0.717) is 30.6 Å². The molecule has 112 valence electrons. The lowest BCUT2D eigenvalue weighted by Gasteiger charge is -2.24. The highest BCUT2D eigenvalue weighted by Gasteiger charge is 2.42. The Morgan fingerprint density at radius 2 is 2.15 bits per heavy atom. The minimum Gasteiger partial charge on any atom is -0.480 e. The van der Waals surface area contributed by atoms with Crippen molar-refractivity contribution in [2.75, 3.05) is 24.7 Å². The summed E-state index contributed by atoms with van der Waals surface area (Å²) >= 11 is 1.44. The lowest BCUT2D eigenvalue weighted by Crippen LogP contribution is -2.45. The summed E-state index contributed by atoms with van der Waals surface area (Å²) in [6, 6.07) is -0.748. The third kappa shape index (κ3) is 3.08. The van der Waals surface area contributed by atoms with E-state index in [2.05, 4.69) is 0 Å². The summed E-state index contributed by atoms with van der Waals surface area (Å²) < 4.78 is 0. The molecule has 2 saturated heterocycles. The van der Waals surface area contributed by atoms with Crippen molar-refractivity contribution in [1.29, 1.82) is 0 Å². The lowest BCUT2D eigenvalue weighted by atomic mass is 10.1. The topological polar surface area (TPSA) is 77.9 Å². The van der Waals surface area contributed by atoms with Crippen LogP contribution in [0.3, 0.4) is 0 Å². The minimum absolute atomic E-state index is 0.00391. The summed E-state index contributed by atoms with van der Waals surface area (Å²) in [5, 5.41) is 9.11. The van der Waals surface area contributed by atoms with E-state index in [1.165, 1.54) is 16.7 Å². The Balaban J connectivity index is 2.00. The lowest BCUT2D eigenvalue weighted by molar-refractivity contribution is -0.149. The Morgan fingerprint density at radius 1 is 1.45 bits per heavy atom. The molecule has 1 N–H and O–H groups in total. The Labute approximate surface area is 122 Å². The number of rotatable bonds is 4. The van der Waals surface area contributed by atoms with E-state index < -0.39 is 12.0 Å². The van der Waals surface area contributed by atoms with Crippen LogP contribution in [0.2, 0.25) is 0 Å². The van der Waals surface area contributed by atoms with E-state index in [1.54, 1.807) is 4.90 Å². The molecule has 2 amide bonds. The fourth-order valence-electron chi connectivity index (χ4n) is 2.65. The normalized spacial score (nSPS) is 26.6. The predicted molar refractivity (Wildman–Crippen MR) is 75.1 cm³/mol. The van der Waals surface area contributed by atoms with Crippen LogP contribution in [0.25, 0.3) is 0 Å². The van der Waals surface area contributed by atoms with Gasteiger partial charge in [0.05, 0.1) is 11.8 Å². The van der Waals surface area contributed by atoms with E-state index >= 15 is 0 Å². The van der Waals surface area contributed by atoms with Crippen LogP contribution in [-0.4, -0.2) is 63.5 Å². The number of carboxylic acid groups (broad SMARTS) is 1. The third-order valence-corrected chi connectivity index (χ3v) is 4.61. The molecule has 2 aliphatic heterocycles. The van der Waals surface area contributed by atoms with E-state index in [0.717, 1.165) is 0 Å². The maximum atomic E-state index is 12.4. The van der Waals surface area contributed by atoms with Gasteiger partial charge in [-0.05, 0) is 5.92 Å². The van der Waals surface area contributed by atoms with E-state index in [9.17, 15) is 14.4 Å². The van der Waals surface area contributed by atoms with Crippen LogP contribution in [0.5, 0.6) is 0 Å². The van der Waals surface area contributed by atoms with Gasteiger partial charge in [-0.1, -0.05) is 13.8 Å². The van der Waals surface area contributed by atoms with Crippen molar-refractivity contribution in [3.63, 3.8) is 0 Å². The van der Waals surface area contributed by atoms with Gasteiger partial charge in [-0.25, -0.2) is 4.79 Å². The Morgan fingerprint density at radius 3 is 2.75 bits per heavy atom. The molecule has 2 atom stereocenters. The molecule has 7 heteroatoms. The number of likely N-dealkylation sites (tertiary alicyclic amines) is 1. The molecule has 0 aliphatic carbocycles.